The quantitative estimate of drug-likeness (QED) is 0.739. The molecular formula is C8H13N3O2S. The normalized spacial score (nSPS) is 10.9. The third-order valence-electron chi connectivity index (χ3n) is 1.83. The molecule has 0 aliphatic carbocycles. The van der Waals surface area contributed by atoms with E-state index in [4.69, 9.17) is 0 Å². The van der Waals surface area contributed by atoms with Gasteiger partial charge in [0.2, 0.25) is 0 Å². The molecule has 0 aliphatic rings. The van der Waals surface area contributed by atoms with Gasteiger partial charge < -0.3 is 0 Å². The second-order valence-corrected chi connectivity index (χ2v) is 4.22. The molecule has 0 amide bonds. The van der Waals surface area contributed by atoms with Crippen LogP contribution >= 0.6 is 11.8 Å². The van der Waals surface area contributed by atoms with Gasteiger partial charge in [-0.1, -0.05) is 25.6 Å². The van der Waals surface area contributed by atoms with Gasteiger partial charge in [-0.3, -0.25) is 9.36 Å². The van der Waals surface area contributed by atoms with Crippen molar-refractivity contribution in [1.29, 1.82) is 0 Å². The van der Waals surface area contributed by atoms with Gasteiger partial charge in [0.05, 0.1) is 5.75 Å². The molecule has 0 saturated heterocycles. The Kier molecular flexibility index (Phi) is 3.51. The van der Waals surface area contributed by atoms with E-state index in [2.05, 4.69) is 10.2 Å². The Hall–Kier alpha value is -1.04. The van der Waals surface area contributed by atoms with Crippen LogP contribution in [0.5, 0.6) is 0 Å². The number of H-pyrrole nitrogens is 1. The van der Waals surface area contributed by atoms with E-state index in [-0.39, 0.29) is 17.4 Å². The number of nitrogens with one attached hydrogen (secondary N) is 1. The summed E-state index contributed by atoms with van der Waals surface area (Å²) in [4.78, 5) is 22.3. The molecule has 1 aromatic rings. The molecule has 5 nitrogen and oxygen atoms in total. The standard InChI is InChI=1S/C8H13N3O2S/c1-5(2)6(12)4-14-8-10-9-7(13)11(8)3/h5H,4H2,1-3H3,(H,9,13). The van der Waals surface area contributed by atoms with Crippen LogP contribution in [0.2, 0.25) is 0 Å². The smallest absolute Gasteiger partial charge is 0.298 e. The minimum atomic E-state index is -0.260. The fourth-order valence-electron chi connectivity index (χ4n) is 0.764. The molecule has 1 N–H and O–H groups in total. The van der Waals surface area contributed by atoms with E-state index < -0.39 is 0 Å². The molecule has 0 unspecified atom stereocenters. The van der Waals surface area contributed by atoms with Gasteiger partial charge in [0.25, 0.3) is 0 Å². The molecule has 0 aliphatic heterocycles. The molecule has 0 saturated carbocycles. The summed E-state index contributed by atoms with van der Waals surface area (Å²) in [5.74, 6) is 0.541. The molecule has 0 atom stereocenters. The Balaban J connectivity index is 2.58. The lowest BCUT2D eigenvalue weighted by Crippen LogP contribution is -2.14. The maximum absolute atomic E-state index is 11.3. The minimum absolute atomic E-state index is 0.0264. The highest BCUT2D eigenvalue weighted by Crippen LogP contribution is 2.13. The summed E-state index contributed by atoms with van der Waals surface area (Å²) in [6, 6.07) is 0. The van der Waals surface area contributed by atoms with Gasteiger partial charge in [-0.25, -0.2) is 9.89 Å². The van der Waals surface area contributed by atoms with E-state index in [0.29, 0.717) is 10.9 Å². The van der Waals surface area contributed by atoms with Gasteiger partial charge in [-0.15, -0.1) is 5.10 Å². The zero-order chi connectivity index (χ0) is 10.7. The molecule has 78 valence electrons. The Morgan fingerprint density at radius 3 is 2.71 bits per heavy atom. The first-order valence-corrected chi connectivity index (χ1v) is 5.28. The average molecular weight is 215 g/mol. The van der Waals surface area contributed by atoms with Crippen LogP contribution < -0.4 is 5.69 Å². The van der Waals surface area contributed by atoms with E-state index in [1.54, 1.807) is 7.05 Å². The van der Waals surface area contributed by atoms with E-state index >= 15 is 0 Å². The van der Waals surface area contributed by atoms with Gasteiger partial charge in [0.15, 0.2) is 5.16 Å². The van der Waals surface area contributed by atoms with Gasteiger partial charge in [-0.2, -0.15) is 0 Å². The minimum Gasteiger partial charge on any atom is -0.298 e. The van der Waals surface area contributed by atoms with Crippen LogP contribution in [0.25, 0.3) is 0 Å². The number of Topliss-reactive ketones (excluding diaryl/α,β-unsaturated/α-hetero) is 1. The molecule has 1 aromatic heterocycles. The highest BCUT2D eigenvalue weighted by atomic mass is 32.2. The highest BCUT2D eigenvalue weighted by Gasteiger charge is 2.10. The first-order chi connectivity index (χ1) is 6.52. The lowest BCUT2D eigenvalue weighted by Gasteiger charge is -2.02. The Morgan fingerprint density at radius 2 is 2.29 bits per heavy atom. The van der Waals surface area contributed by atoms with Crippen molar-refractivity contribution in [3.05, 3.63) is 10.5 Å². The summed E-state index contributed by atoms with van der Waals surface area (Å²) in [6.07, 6.45) is 0. The second-order valence-electron chi connectivity index (χ2n) is 3.28. The van der Waals surface area contributed by atoms with Crippen LogP contribution in [-0.4, -0.2) is 26.3 Å². The summed E-state index contributed by atoms with van der Waals surface area (Å²) < 4.78 is 1.39. The predicted octanol–water partition coefficient (Wildman–Crippen LogP) is 0.426. The zero-order valence-corrected chi connectivity index (χ0v) is 9.22. The summed E-state index contributed by atoms with van der Waals surface area (Å²) in [6.45, 7) is 3.71. The number of carbonyl (C=O) groups is 1. The molecule has 0 fully saturated rings. The molecule has 0 radical (unpaired) electrons. The van der Waals surface area contributed by atoms with E-state index in [1.165, 1.54) is 16.3 Å². The predicted molar refractivity (Wildman–Crippen MR) is 54.4 cm³/mol. The molecule has 1 rings (SSSR count). The molecule has 0 aromatic carbocycles. The van der Waals surface area contributed by atoms with Crippen molar-refractivity contribution in [2.24, 2.45) is 13.0 Å². The van der Waals surface area contributed by atoms with Crippen LogP contribution in [0.3, 0.4) is 0 Å². The summed E-state index contributed by atoms with van der Waals surface area (Å²) in [5, 5.41) is 6.64. The first kappa shape index (κ1) is 11.0. The van der Waals surface area contributed by atoms with Crippen molar-refractivity contribution in [3.63, 3.8) is 0 Å². The van der Waals surface area contributed by atoms with Crippen LogP contribution in [0.15, 0.2) is 9.95 Å². The van der Waals surface area contributed by atoms with Crippen molar-refractivity contribution in [1.82, 2.24) is 14.8 Å². The van der Waals surface area contributed by atoms with E-state index in [9.17, 15) is 9.59 Å². The maximum Gasteiger partial charge on any atom is 0.343 e. The summed E-state index contributed by atoms with van der Waals surface area (Å²) in [5.41, 5.74) is -0.260. The van der Waals surface area contributed by atoms with Crippen molar-refractivity contribution in [2.45, 2.75) is 19.0 Å². The number of aromatic amines is 1. The van der Waals surface area contributed by atoms with Crippen molar-refractivity contribution in [2.75, 3.05) is 5.75 Å². The number of aromatic nitrogens is 3. The second kappa shape index (κ2) is 4.45. The summed E-state index contributed by atoms with van der Waals surface area (Å²) >= 11 is 1.28. The molecule has 0 bridgehead atoms. The third kappa shape index (κ3) is 2.47. The Labute approximate surface area is 85.9 Å². The van der Waals surface area contributed by atoms with Crippen molar-refractivity contribution in [3.8, 4) is 0 Å². The lowest BCUT2D eigenvalue weighted by molar-refractivity contribution is -0.119. The number of hydrogen-bond acceptors (Lipinski definition) is 4. The number of ketones is 1. The van der Waals surface area contributed by atoms with Gasteiger partial charge in [0.1, 0.15) is 5.78 Å². The molecular weight excluding hydrogens is 202 g/mol. The van der Waals surface area contributed by atoms with Crippen molar-refractivity contribution >= 4 is 17.5 Å². The van der Waals surface area contributed by atoms with Crippen LogP contribution in [-0.2, 0) is 11.8 Å². The maximum atomic E-state index is 11.3. The SMILES string of the molecule is CC(C)C(=O)CSc1n[nH]c(=O)n1C. The number of thioether (sulfide) groups is 1. The largest absolute Gasteiger partial charge is 0.343 e. The Morgan fingerprint density at radius 1 is 1.64 bits per heavy atom. The number of rotatable bonds is 4. The van der Waals surface area contributed by atoms with Crippen LogP contribution in [0.4, 0.5) is 0 Å². The monoisotopic (exact) mass is 215 g/mol. The van der Waals surface area contributed by atoms with Crippen molar-refractivity contribution < 1.29 is 4.79 Å². The summed E-state index contributed by atoms with van der Waals surface area (Å²) in [7, 11) is 1.62. The van der Waals surface area contributed by atoms with Gasteiger partial charge in [-0.05, 0) is 0 Å². The zero-order valence-electron chi connectivity index (χ0n) is 8.40. The molecule has 6 heteroatoms. The number of hydrogen-bond donors (Lipinski definition) is 1. The van der Waals surface area contributed by atoms with E-state index in [1.807, 2.05) is 13.8 Å². The molecule has 0 spiro atoms. The van der Waals surface area contributed by atoms with E-state index in [0.717, 1.165) is 0 Å². The molecule has 14 heavy (non-hydrogen) atoms. The molecule has 1 heterocycles. The fraction of sp³-hybridized carbons (Fsp3) is 0.625. The number of nitrogens with zero attached hydrogens (tertiary/aromatic N) is 2. The first-order valence-electron chi connectivity index (χ1n) is 4.29. The van der Waals surface area contributed by atoms with Gasteiger partial charge >= 0.3 is 5.69 Å². The highest BCUT2D eigenvalue weighted by molar-refractivity contribution is 7.99. The Bertz CT molecular complexity index is 380. The fourth-order valence-corrected chi connectivity index (χ4v) is 1.76. The van der Waals surface area contributed by atoms with Crippen LogP contribution in [0, 0.1) is 5.92 Å². The number of carbonyl (C=O) groups excluding carboxylic acids is 1. The topological polar surface area (TPSA) is 67.8 Å². The lowest BCUT2D eigenvalue weighted by atomic mass is 10.1. The third-order valence-corrected chi connectivity index (χ3v) is 2.88. The van der Waals surface area contributed by atoms with Gasteiger partial charge in [0, 0.05) is 13.0 Å². The van der Waals surface area contributed by atoms with Crippen LogP contribution in [0.1, 0.15) is 13.8 Å². The average Bonchev–Trinajstić information content (AvgIpc) is 2.44.